The summed E-state index contributed by atoms with van der Waals surface area (Å²) in [6, 6.07) is 9.36. The Balaban J connectivity index is 1.53. The van der Waals surface area contributed by atoms with E-state index in [9.17, 15) is 4.79 Å². The van der Waals surface area contributed by atoms with Gasteiger partial charge < -0.3 is 4.52 Å². The molecule has 1 atom stereocenters. The highest BCUT2D eigenvalue weighted by Gasteiger charge is 2.26. The third-order valence-corrected chi connectivity index (χ3v) is 4.74. The van der Waals surface area contributed by atoms with E-state index in [-0.39, 0.29) is 11.6 Å². The van der Waals surface area contributed by atoms with E-state index in [0.29, 0.717) is 13.1 Å². The summed E-state index contributed by atoms with van der Waals surface area (Å²) in [4.78, 5) is 18.8. The summed E-state index contributed by atoms with van der Waals surface area (Å²) in [7, 11) is 0. The van der Waals surface area contributed by atoms with Crippen molar-refractivity contribution in [3.8, 4) is 11.3 Å². The molecule has 4 heterocycles. The Bertz CT molecular complexity index is 934. The fourth-order valence-corrected chi connectivity index (χ4v) is 3.45. The van der Waals surface area contributed by atoms with Gasteiger partial charge in [-0.2, -0.15) is 5.10 Å². The van der Waals surface area contributed by atoms with Crippen LogP contribution in [0.5, 0.6) is 0 Å². The fraction of sp³-hybridized carbons (Fsp3) is 0.368. The Morgan fingerprint density at radius 1 is 1.31 bits per heavy atom. The molecule has 0 radical (unpaired) electrons. The van der Waals surface area contributed by atoms with Gasteiger partial charge in [0.15, 0.2) is 5.76 Å². The van der Waals surface area contributed by atoms with Crippen molar-refractivity contribution in [2.24, 2.45) is 0 Å². The molecule has 4 rings (SSSR count). The van der Waals surface area contributed by atoms with Crippen molar-refractivity contribution < 1.29 is 4.52 Å². The van der Waals surface area contributed by atoms with Gasteiger partial charge in [-0.1, -0.05) is 5.16 Å². The van der Waals surface area contributed by atoms with Crippen LogP contribution in [0.3, 0.4) is 0 Å². The second-order valence-electron chi connectivity index (χ2n) is 6.68. The highest BCUT2D eigenvalue weighted by molar-refractivity contribution is 5.56. The zero-order chi connectivity index (χ0) is 17.9. The van der Waals surface area contributed by atoms with Gasteiger partial charge in [-0.25, -0.2) is 4.68 Å². The lowest BCUT2D eigenvalue weighted by atomic mass is 10.2. The van der Waals surface area contributed by atoms with Crippen molar-refractivity contribution in [2.45, 2.75) is 38.9 Å². The second-order valence-corrected chi connectivity index (χ2v) is 6.68. The largest absolute Gasteiger partial charge is 0.360 e. The van der Waals surface area contributed by atoms with Gasteiger partial charge in [0, 0.05) is 36.1 Å². The molecular formula is C19H21N5O2. The maximum atomic E-state index is 12.3. The number of rotatable bonds is 5. The van der Waals surface area contributed by atoms with Gasteiger partial charge in [-0.3, -0.25) is 14.7 Å². The summed E-state index contributed by atoms with van der Waals surface area (Å²) in [6.07, 6.45) is 5.62. The maximum absolute atomic E-state index is 12.3. The van der Waals surface area contributed by atoms with Crippen molar-refractivity contribution in [3.63, 3.8) is 0 Å². The molecule has 0 spiro atoms. The van der Waals surface area contributed by atoms with E-state index in [1.165, 1.54) is 0 Å². The summed E-state index contributed by atoms with van der Waals surface area (Å²) < 4.78 is 6.91. The number of likely N-dealkylation sites (tertiary alicyclic amines) is 1. The van der Waals surface area contributed by atoms with Crippen LogP contribution in [0.1, 0.15) is 24.3 Å². The van der Waals surface area contributed by atoms with Gasteiger partial charge in [0.1, 0.15) is 0 Å². The zero-order valence-electron chi connectivity index (χ0n) is 14.7. The van der Waals surface area contributed by atoms with E-state index in [4.69, 9.17) is 4.52 Å². The molecular weight excluding hydrogens is 330 g/mol. The summed E-state index contributed by atoms with van der Waals surface area (Å²) >= 11 is 0. The standard InChI is InChI=1S/C19H21N5O2/c1-14-10-17(26-22-14)13-23-9-3-5-16(23)12-24-19(25)7-6-18(21-24)15-4-2-8-20-11-15/h2,4,6-8,10-11,16H,3,5,9,12-13H2,1H3. The summed E-state index contributed by atoms with van der Waals surface area (Å²) in [5.74, 6) is 0.860. The van der Waals surface area contributed by atoms with Crippen molar-refractivity contribution in [3.05, 3.63) is 64.5 Å². The smallest absolute Gasteiger partial charge is 0.266 e. The molecule has 7 heteroatoms. The third-order valence-electron chi connectivity index (χ3n) is 4.74. The molecule has 3 aromatic rings. The number of pyridine rings is 1. The molecule has 1 aliphatic rings. The van der Waals surface area contributed by atoms with Crippen LogP contribution >= 0.6 is 0 Å². The molecule has 3 aromatic heterocycles. The molecule has 0 aliphatic carbocycles. The molecule has 134 valence electrons. The van der Waals surface area contributed by atoms with Crippen LogP contribution in [-0.2, 0) is 13.1 Å². The summed E-state index contributed by atoms with van der Waals surface area (Å²) in [5.41, 5.74) is 2.47. The molecule has 1 unspecified atom stereocenters. The quantitative estimate of drug-likeness (QED) is 0.702. The first-order valence-electron chi connectivity index (χ1n) is 8.84. The number of hydrogen-bond acceptors (Lipinski definition) is 6. The molecule has 0 saturated carbocycles. The molecule has 0 N–H and O–H groups in total. The number of aromatic nitrogens is 4. The minimum atomic E-state index is -0.0833. The third kappa shape index (κ3) is 3.57. The van der Waals surface area contributed by atoms with Gasteiger partial charge in [-0.05, 0) is 44.5 Å². The minimum Gasteiger partial charge on any atom is -0.360 e. The van der Waals surface area contributed by atoms with Crippen LogP contribution in [-0.4, -0.2) is 37.4 Å². The predicted octanol–water partition coefficient (Wildman–Crippen LogP) is 2.27. The van der Waals surface area contributed by atoms with E-state index < -0.39 is 0 Å². The fourth-order valence-electron chi connectivity index (χ4n) is 3.45. The monoisotopic (exact) mass is 351 g/mol. The van der Waals surface area contributed by atoms with E-state index in [1.54, 1.807) is 29.2 Å². The number of hydrogen-bond donors (Lipinski definition) is 0. The van der Waals surface area contributed by atoms with Crippen molar-refractivity contribution >= 4 is 0 Å². The van der Waals surface area contributed by atoms with Crippen LogP contribution in [0.25, 0.3) is 11.3 Å². The number of nitrogens with zero attached hydrogens (tertiary/aromatic N) is 5. The Morgan fingerprint density at radius 2 is 2.23 bits per heavy atom. The molecule has 0 amide bonds. The van der Waals surface area contributed by atoms with Crippen LogP contribution in [0.2, 0.25) is 0 Å². The first-order valence-corrected chi connectivity index (χ1v) is 8.84. The molecule has 1 aliphatic heterocycles. The highest BCUT2D eigenvalue weighted by Crippen LogP contribution is 2.21. The Kier molecular flexibility index (Phi) is 4.62. The molecule has 7 nitrogen and oxygen atoms in total. The minimum absolute atomic E-state index is 0.0833. The average molecular weight is 351 g/mol. The zero-order valence-corrected chi connectivity index (χ0v) is 14.7. The van der Waals surface area contributed by atoms with Gasteiger partial charge in [0.05, 0.1) is 24.5 Å². The van der Waals surface area contributed by atoms with Gasteiger partial charge >= 0.3 is 0 Å². The van der Waals surface area contributed by atoms with Crippen LogP contribution in [0.4, 0.5) is 0 Å². The van der Waals surface area contributed by atoms with Gasteiger partial charge in [0.25, 0.3) is 5.56 Å². The first kappa shape index (κ1) is 16.7. The van der Waals surface area contributed by atoms with Gasteiger partial charge in [-0.15, -0.1) is 0 Å². The molecule has 26 heavy (non-hydrogen) atoms. The number of aryl methyl sites for hydroxylation is 1. The second kappa shape index (κ2) is 7.21. The highest BCUT2D eigenvalue weighted by atomic mass is 16.5. The molecule has 0 bridgehead atoms. The lowest BCUT2D eigenvalue weighted by Crippen LogP contribution is -2.36. The normalized spacial score (nSPS) is 17.7. The predicted molar refractivity (Wildman–Crippen MR) is 96.4 cm³/mol. The SMILES string of the molecule is Cc1cc(CN2CCCC2Cn2nc(-c3cccnc3)ccc2=O)on1. The Hall–Kier alpha value is -2.80. The molecule has 1 fully saturated rings. The first-order chi connectivity index (χ1) is 12.7. The summed E-state index contributed by atoms with van der Waals surface area (Å²) in [5, 5.41) is 8.51. The topological polar surface area (TPSA) is 77.0 Å². The Labute approximate surface area is 151 Å². The lowest BCUT2D eigenvalue weighted by Gasteiger charge is -2.23. The summed E-state index contributed by atoms with van der Waals surface area (Å²) in [6.45, 7) is 4.19. The van der Waals surface area contributed by atoms with Crippen molar-refractivity contribution in [2.75, 3.05) is 6.54 Å². The Morgan fingerprint density at radius 3 is 3.00 bits per heavy atom. The van der Waals surface area contributed by atoms with E-state index in [0.717, 1.165) is 42.1 Å². The molecule has 1 saturated heterocycles. The van der Waals surface area contributed by atoms with Gasteiger partial charge in [0.2, 0.25) is 0 Å². The van der Waals surface area contributed by atoms with Crippen LogP contribution < -0.4 is 5.56 Å². The average Bonchev–Trinajstić information content (AvgIpc) is 3.27. The van der Waals surface area contributed by atoms with E-state index in [2.05, 4.69) is 20.1 Å². The van der Waals surface area contributed by atoms with Crippen molar-refractivity contribution in [1.82, 2.24) is 24.8 Å². The van der Waals surface area contributed by atoms with E-state index >= 15 is 0 Å². The molecule has 0 aromatic carbocycles. The maximum Gasteiger partial charge on any atom is 0.266 e. The van der Waals surface area contributed by atoms with Crippen LogP contribution in [0, 0.1) is 6.92 Å². The van der Waals surface area contributed by atoms with Crippen LogP contribution in [0.15, 0.2) is 52.0 Å². The van der Waals surface area contributed by atoms with Crippen molar-refractivity contribution in [1.29, 1.82) is 0 Å². The lowest BCUT2D eigenvalue weighted by molar-refractivity contribution is 0.194. The van der Waals surface area contributed by atoms with E-state index in [1.807, 2.05) is 25.1 Å².